The molecule has 12 heteroatoms. The van der Waals surface area contributed by atoms with Crippen LogP contribution >= 0.6 is 0 Å². The van der Waals surface area contributed by atoms with Crippen LogP contribution in [-0.4, -0.2) is 27.7 Å². The van der Waals surface area contributed by atoms with Crippen molar-refractivity contribution in [3.8, 4) is 0 Å². The minimum Gasteiger partial charge on any atom is -0.894 e. The normalized spacial score (nSPS) is 10.0. The van der Waals surface area contributed by atoms with Crippen molar-refractivity contribution in [1.82, 2.24) is 0 Å². The molecule has 0 spiro atoms. The van der Waals surface area contributed by atoms with Crippen LogP contribution in [0.3, 0.4) is 0 Å². The maximum absolute atomic E-state index is 8.80. The van der Waals surface area contributed by atoms with Gasteiger partial charge in [0.15, 0.2) is 0 Å². The molecule has 0 saturated carbocycles. The molecule has 0 aromatic heterocycles. The summed E-state index contributed by atoms with van der Waals surface area (Å²) in [6, 6.07) is 0. The SMILES string of the molecule is [Lu+3].[O-][Si]([O-])(O)O.[O-][Si]([O-])([O-])[O-].[Y+3]. The van der Waals surface area contributed by atoms with Gasteiger partial charge in [0, 0.05) is 0 Å². The first-order valence-corrected chi connectivity index (χ1v) is 5.02. The van der Waals surface area contributed by atoms with E-state index in [9.17, 15) is 0 Å². The molecule has 0 amide bonds. The van der Waals surface area contributed by atoms with E-state index in [-0.39, 0.29) is 69.6 Å². The summed E-state index contributed by atoms with van der Waals surface area (Å²) in [5.41, 5.74) is 0. The van der Waals surface area contributed by atoms with Crippen molar-refractivity contribution in [2.75, 3.05) is 0 Å². The Morgan fingerprint density at radius 3 is 0.750 bits per heavy atom. The molecule has 0 aliphatic heterocycles. The van der Waals surface area contributed by atoms with Crippen LogP contribution in [0.25, 0.3) is 0 Å². The Morgan fingerprint density at radius 2 is 0.750 bits per heavy atom. The van der Waals surface area contributed by atoms with Gasteiger partial charge in [-0.05, 0) is 0 Å². The van der Waals surface area contributed by atoms with E-state index < -0.39 is 18.1 Å². The van der Waals surface area contributed by atoms with Crippen molar-refractivity contribution in [3.63, 3.8) is 0 Å². The van der Waals surface area contributed by atoms with Crippen molar-refractivity contribution in [3.05, 3.63) is 0 Å². The molecule has 0 aromatic carbocycles. The van der Waals surface area contributed by atoms with Gasteiger partial charge < -0.3 is 47.4 Å². The Kier molecular flexibility index (Phi) is 19.9. The third kappa shape index (κ3) is 272. The summed E-state index contributed by atoms with van der Waals surface area (Å²) >= 11 is 0. The minimum absolute atomic E-state index is 0. The molecule has 12 heavy (non-hydrogen) atoms. The maximum Gasteiger partial charge on any atom is 3.00 e. The summed E-state index contributed by atoms with van der Waals surface area (Å²) in [6.07, 6.45) is 0. The Balaban J connectivity index is -0.0000000457. The van der Waals surface area contributed by atoms with Gasteiger partial charge in [-0.2, -0.15) is 0 Å². The van der Waals surface area contributed by atoms with Gasteiger partial charge >= 0.3 is 69.6 Å². The van der Waals surface area contributed by atoms with Crippen molar-refractivity contribution >= 4 is 18.1 Å². The zero-order chi connectivity index (χ0) is 9.00. The Bertz CT molecular complexity index is 60.0. The summed E-state index contributed by atoms with van der Waals surface area (Å²) in [5.74, 6) is 0. The van der Waals surface area contributed by atoms with E-state index in [4.69, 9.17) is 38.4 Å². The van der Waals surface area contributed by atoms with E-state index in [1.165, 1.54) is 0 Å². The number of hydrogen-bond acceptors (Lipinski definition) is 8. The van der Waals surface area contributed by atoms with Gasteiger partial charge in [0.2, 0.25) is 0 Å². The molecule has 0 heterocycles. The molecule has 76 valence electrons. The molecule has 2 N–H and O–H groups in total. The fourth-order valence-electron chi connectivity index (χ4n) is 0. The molecule has 0 saturated heterocycles. The monoisotopic (exact) mass is 450 g/mol. The standard InChI is InChI=1S/Lu.H2O4Si.O4Si.Y/c;2*1-5(2,3)4;/h;1-2H;;/q+3;-2;-4;+3. The fraction of sp³-hybridized carbons (Fsp3) is 0. The van der Waals surface area contributed by atoms with E-state index in [1.54, 1.807) is 0 Å². The first kappa shape index (κ1) is 23.9. The first-order valence-electron chi connectivity index (χ1n) is 1.67. The molecule has 0 aromatic rings. The molecule has 0 radical (unpaired) electrons. The van der Waals surface area contributed by atoms with E-state index in [2.05, 4.69) is 0 Å². The molecule has 8 nitrogen and oxygen atoms in total. The van der Waals surface area contributed by atoms with Crippen LogP contribution in [0.15, 0.2) is 0 Å². The predicted molar refractivity (Wildman–Crippen MR) is 15.9 cm³/mol. The van der Waals surface area contributed by atoms with Gasteiger partial charge in [-0.25, -0.2) is 0 Å². The third-order valence-electron chi connectivity index (χ3n) is 0. The fourth-order valence-corrected chi connectivity index (χ4v) is 0. The number of rotatable bonds is 0. The average Bonchev–Trinajstić information content (AvgIpc) is 1.12. The molecule has 0 unspecified atom stereocenters. The average molecular weight is 450 g/mol. The summed E-state index contributed by atoms with van der Waals surface area (Å²) in [5, 5.41) is 0. The van der Waals surface area contributed by atoms with Crippen LogP contribution < -0.4 is 28.8 Å². The molecule has 0 aliphatic rings. The smallest absolute Gasteiger partial charge is 0.894 e. The van der Waals surface area contributed by atoms with Gasteiger partial charge in [0.1, 0.15) is 9.05 Å². The molecule has 0 bridgehead atoms. The summed E-state index contributed by atoms with van der Waals surface area (Å²) < 4.78 is 0. The topological polar surface area (TPSA) is 179 Å². The Morgan fingerprint density at radius 1 is 0.750 bits per heavy atom. The molecular formula is H2LuO8Si2Y. The van der Waals surface area contributed by atoms with Gasteiger partial charge in [-0.3, -0.25) is 0 Å². The minimum atomic E-state index is -5.61. The summed E-state index contributed by atoms with van der Waals surface area (Å²) in [6.45, 7) is 0. The summed E-state index contributed by atoms with van der Waals surface area (Å²) in [7, 11) is -10.7. The van der Waals surface area contributed by atoms with E-state index in [1.807, 2.05) is 0 Å². The molecule has 0 fully saturated rings. The van der Waals surface area contributed by atoms with Gasteiger partial charge in [0.05, 0.1) is 0 Å². The van der Waals surface area contributed by atoms with Crippen molar-refractivity contribution in [1.29, 1.82) is 0 Å². The molecule has 0 atom stereocenters. The van der Waals surface area contributed by atoms with Crippen molar-refractivity contribution in [2.45, 2.75) is 0 Å². The van der Waals surface area contributed by atoms with Crippen LogP contribution in [0.5, 0.6) is 0 Å². The largest absolute Gasteiger partial charge is 3.00 e. The third-order valence-corrected chi connectivity index (χ3v) is 0. The number of hydrogen-bond donors (Lipinski definition) is 2. The van der Waals surface area contributed by atoms with Crippen molar-refractivity contribution < 1.29 is 108 Å². The van der Waals surface area contributed by atoms with Gasteiger partial charge in [0.25, 0.3) is 0 Å². The molecule has 0 rings (SSSR count). The van der Waals surface area contributed by atoms with Crippen LogP contribution in [0.1, 0.15) is 0 Å². The van der Waals surface area contributed by atoms with Crippen LogP contribution in [0, 0.1) is 36.9 Å². The second-order valence-electron chi connectivity index (χ2n) is 1.05. The van der Waals surface area contributed by atoms with E-state index >= 15 is 0 Å². The predicted octanol–water partition coefficient (Wildman–Crippen LogP) is -9.01. The molecule has 0 aliphatic carbocycles. The van der Waals surface area contributed by atoms with Crippen LogP contribution in [0.4, 0.5) is 0 Å². The quantitative estimate of drug-likeness (QED) is 0.342. The summed E-state index contributed by atoms with van der Waals surface area (Å²) in [4.78, 5) is 66.1. The Labute approximate surface area is 124 Å². The second-order valence-corrected chi connectivity index (χ2v) is 3.15. The van der Waals surface area contributed by atoms with Crippen molar-refractivity contribution in [2.24, 2.45) is 0 Å². The van der Waals surface area contributed by atoms with Crippen LogP contribution in [0.2, 0.25) is 0 Å². The molecular weight excluding hydrogens is 448 g/mol. The Hall–Kier alpha value is 2.45. The first-order chi connectivity index (χ1) is 4.00. The maximum atomic E-state index is 8.80. The van der Waals surface area contributed by atoms with E-state index in [0.29, 0.717) is 0 Å². The van der Waals surface area contributed by atoms with Crippen LogP contribution in [-0.2, 0) is 32.7 Å². The van der Waals surface area contributed by atoms with Gasteiger partial charge in [-0.1, -0.05) is 0 Å². The van der Waals surface area contributed by atoms with Gasteiger partial charge in [-0.15, -0.1) is 0 Å². The zero-order valence-electron chi connectivity index (χ0n) is 5.18. The zero-order valence-corrected chi connectivity index (χ0v) is 11.7. The van der Waals surface area contributed by atoms with E-state index in [0.717, 1.165) is 0 Å². The second kappa shape index (κ2) is 9.99.